The van der Waals surface area contributed by atoms with Gasteiger partial charge in [-0.05, 0) is 12.8 Å². The van der Waals surface area contributed by atoms with Gasteiger partial charge in [0.25, 0.3) is 5.56 Å². The van der Waals surface area contributed by atoms with E-state index in [1.165, 1.54) is 4.57 Å². The highest BCUT2D eigenvalue weighted by Gasteiger charge is 2.19. The lowest BCUT2D eigenvalue weighted by Crippen LogP contribution is -2.25. The molecule has 86 valence electrons. The van der Waals surface area contributed by atoms with E-state index >= 15 is 0 Å². The fourth-order valence-corrected chi connectivity index (χ4v) is 1.89. The van der Waals surface area contributed by atoms with Gasteiger partial charge in [0.2, 0.25) is 5.88 Å². The molecule has 2 N–H and O–H groups in total. The van der Waals surface area contributed by atoms with Crippen molar-refractivity contribution in [2.45, 2.75) is 32.2 Å². The van der Waals surface area contributed by atoms with Gasteiger partial charge in [-0.1, -0.05) is 0 Å². The summed E-state index contributed by atoms with van der Waals surface area (Å²) < 4.78 is 1.51. The van der Waals surface area contributed by atoms with Gasteiger partial charge < -0.3 is 10.2 Å². The van der Waals surface area contributed by atoms with Crippen molar-refractivity contribution in [3.63, 3.8) is 0 Å². The Morgan fingerprint density at radius 3 is 2.94 bits per heavy atom. The maximum absolute atomic E-state index is 11.9. The lowest BCUT2D eigenvalue weighted by Gasteiger charge is -2.06. The minimum atomic E-state index is -0.996. The first-order valence-corrected chi connectivity index (χ1v) is 5.13. The van der Waals surface area contributed by atoms with Crippen LogP contribution in [-0.4, -0.2) is 25.7 Å². The Hall–Kier alpha value is -1.85. The number of aliphatic carboxylic acids is 1. The average molecular weight is 224 g/mol. The second-order valence-electron chi connectivity index (χ2n) is 3.78. The highest BCUT2D eigenvalue weighted by atomic mass is 16.4. The summed E-state index contributed by atoms with van der Waals surface area (Å²) in [5, 5.41) is 18.1. The standard InChI is InChI=1S/C10H12N2O4/c13-8(14)4-3-6-9(15)11-7-2-1-5-12(7)10(6)16/h15H,1-5H2,(H,13,14). The quantitative estimate of drug-likeness (QED) is 0.748. The fourth-order valence-electron chi connectivity index (χ4n) is 1.89. The van der Waals surface area contributed by atoms with Crippen LogP contribution in [0.25, 0.3) is 0 Å². The summed E-state index contributed by atoms with van der Waals surface area (Å²) in [4.78, 5) is 26.2. The van der Waals surface area contributed by atoms with Gasteiger partial charge in [-0.3, -0.25) is 14.2 Å². The summed E-state index contributed by atoms with van der Waals surface area (Å²) in [6, 6.07) is 0. The van der Waals surface area contributed by atoms with Crippen LogP contribution in [0.15, 0.2) is 4.79 Å². The van der Waals surface area contributed by atoms with Crippen LogP contribution in [0, 0.1) is 0 Å². The number of aryl methyl sites for hydroxylation is 1. The molecule has 1 aromatic rings. The van der Waals surface area contributed by atoms with Crippen LogP contribution < -0.4 is 5.56 Å². The molecule has 2 heterocycles. The monoisotopic (exact) mass is 224 g/mol. The molecule has 1 aliphatic rings. The summed E-state index contributed by atoms with van der Waals surface area (Å²) in [5.41, 5.74) is -0.200. The molecule has 0 aliphatic carbocycles. The summed E-state index contributed by atoms with van der Waals surface area (Å²) in [7, 11) is 0. The predicted octanol–water partition coefficient (Wildman–Crippen LogP) is -0.0877. The van der Waals surface area contributed by atoms with Gasteiger partial charge in [0.05, 0.1) is 5.56 Å². The first kappa shape index (κ1) is 10.7. The molecule has 1 aliphatic heterocycles. The van der Waals surface area contributed by atoms with Gasteiger partial charge in [0.15, 0.2) is 0 Å². The normalized spacial score (nSPS) is 13.8. The molecule has 1 aromatic heterocycles. The van der Waals surface area contributed by atoms with Crippen molar-refractivity contribution < 1.29 is 15.0 Å². The molecule has 6 heteroatoms. The Kier molecular flexibility index (Phi) is 2.64. The molecular formula is C10H12N2O4. The second kappa shape index (κ2) is 3.96. The van der Waals surface area contributed by atoms with E-state index in [1.807, 2.05) is 0 Å². The molecule has 0 fully saturated rings. The number of hydrogen-bond acceptors (Lipinski definition) is 4. The maximum atomic E-state index is 11.9. The largest absolute Gasteiger partial charge is 0.493 e. The van der Waals surface area contributed by atoms with Crippen molar-refractivity contribution >= 4 is 5.97 Å². The number of aromatic hydroxyl groups is 1. The number of rotatable bonds is 3. The van der Waals surface area contributed by atoms with Crippen LogP contribution in [-0.2, 0) is 24.2 Å². The first-order chi connectivity index (χ1) is 7.59. The van der Waals surface area contributed by atoms with E-state index in [9.17, 15) is 14.7 Å². The molecule has 2 rings (SSSR count). The predicted molar refractivity (Wildman–Crippen MR) is 54.4 cm³/mol. The highest BCUT2D eigenvalue weighted by Crippen LogP contribution is 2.17. The summed E-state index contributed by atoms with van der Waals surface area (Å²) in [5.74, 6) is -0.731. The Labute approximate surface area is 91.2 Å². The molecule has 0 saturated carbocycles. The SMILES string of the molecule is O=C(O)CCc1c(O)nc2n(c1=O)CCC2. The maximum Gasteiger partial charge on any atom is 0.303 e. The van der Waals surface area contributed by atoms with Crippen molar-refractivity contribution in [1.29, 1.82) is 0 Å². The van der Waals surface area contributed by atoms with Crippen molar-refractivity contribution in [2.24, 2.45) is 0 Å². The fraction of sp³-hybridized carbons (Fsp3) is 0.500. The molecular weight excluding hydrogens is 212 g/mol. The van der Waals surface area contributed by atoms with Crippen LogP contribution in [0.3, 0.4) is 0 Å². The van der Waals surface area contributed by atoms with E-state index in [-0.39, 0.29) is 29.8 Å². The van der Waals surface area contributed by atoms with Crippen molar-refractivity contribution in [1.82, 2.24) is 9.55 Å². The smallest absolute Gasteiger partial charge is 0.303 e. The number of carbonyl (C=O) groups is 1. The minimum Gasteiger partial charge on any atom is -0.493 e. The van der Waals surface area contributed by atoms with E-state index < -0.39 is 5.97 Å². The molecule has 0 spiro atoms. The molecule has 16 heavy (non-hydrogen) atoms. The first-order valence-electron chi connectivity index (χ1n) is 5.13. The summed E-state index contributed by atoms with van der Waals surface area (Å²) >= 11 is 0. The van der Waals surface area contributed by atoms with Crippen LogP contribution in [0.5, 0.6) is 5.88 Å². The van der Waals surface area contributed by atoms with E-state index in [2.05, 4.69) is 4.98 Å². The van der Waals surface area contributed by atoms with Crippen LogP contribution in [0.2, 0.25) is 0 Å². The van der Waals surface area contributed by atoms with Gasteiger partial charge in [0, 0.05) is 19.4 Å². The van der Waals surface area contributed by atoms with Gasteiger partial charge >= 0.3 is 5.97 Å². The zero-order valence-corrected chi connectivity index (χ0v) is 8.64. The zero-order valence-electron chi connectivity index (χ0n) is 8.64. The van der Waals surface area contributed by atoms with Gasteiger partial charge in [-0.2, -0.15) is 4.98 Å². The third-order valence-electron chi connectivity index (χ3n) is 2.69. The number of nitrogens with zero attached hydrogens (tertiary/aromatic N) is 2. The van der Waals surface area contributed by atoms with E-state index in [0.717, 1.165) is 6.42 Å². The van der Waals surface area contributed by atoms with Gasteiger partial charge in [0.1, 0.15) is 5.82 Å². The number of fused-ring (bicyclic) bond motifs is 1. The summed E-state index contributed by atoms with van der Waals surface area (Å²) in [6.07, 6.45) is 1.36. The molecule has 0 amide bonds. The number of aromatic nitrogens is 2. The molecule has 0 radical (unpaired) electrons. The van der Waals surface area contributed by atoms with Crippen molar-refractivity contribution in [2.75, 3.05) is 0 Å². The molecule has 0 atom stereocenters. The molecule has 0 aromatic carbocycles. The van der Waals surface area contributed by atoms with E-state index in [4.69, 9.17) is 5.11 Å². The Balaban J connectivity index is 2.38. The van der Waals surface area contributed by atoms with Crippen LogP contribution in [0.1, 0.15) is 24.2 Å². The molecule has 6 nitrogen and oxygen atoms in total. The third kappa shape index (κ3) is 1.78. The lowest BCUT2D eigenvalue weighted by molar-refractivity contribution is -0.136. The number of hydrogen-bond donors (Lipinski definition) is 2. The van der Waals surface area contributed by atoms with Gasteiger partial charge in [-0.25, -0.2) is 0 Å². The van der Waals surface area contributed by atoms with Gasteiger partial charge in [-0.15, -0.1) is 0 Å². The van der Waals surface area contributed by atoms with Crippen LogP contribution >= 0.6 is 0 Å². The zero-order chi connectivity index (χ0) is 11.7. The van der Waals surface area contributed by atoms with E-state index in [0.29, 0.717) is 18.8 Å². The second-order valence-corrected chi connectivity index (χ2v) is 3.78. The van der Waals surface area contributed by atoms with Crippen molar-refractivity contribution in [3.05, 3.63) is 21.7 Å². The third-order valence-corrected chi connectivity index (χ3v) is 2.69. The Morgan fingerprint density at radius 1 is 1.50 bits per heavy atom. The van der Waals surface area contributed by atoms with E-state index in [1.54, 1.807) is 0 Å². The topological polar surface area (TPSA) is 92.4 Å². The average Bonchev–Trinajstić information content (AvgIpc) is 2.64. The minimum absolute atomic E-state index is 0.0211. The molecule has 0 unspecified atom stereocenters. The number of carboxylic acids is 1. The molecule has 0 bridgehead atoms. The Morgan fingerprint density at radius 2 is 2.25 bits per heavy atom. The Bertz CT molecular complexity index is 492. The number of carboxylic acid groups (broad SMARTS) is 1. The van der Waals surface area contributed by atoms with Crippen LogP contribution in [0.4, 0.5) is 0 Å². The van der Waals surface area contributed by atoms with Crippen molar-refractivity contribution in [3.8, 4) is 5.88 Å². The molecule has 0 saturated heterocycles. The summed E-state index contributed by atoms with van der Waals surface area (Å²) in [6.45, 7) is 0.599. The lowest BCUT2D eigenvalue weighted by atomic mass is 10.2. The highest BCUT2D eigenvalue weighted by molar-refractivity contribution is 5.67.